The second-order valence-corrected chi connectivity index (χ2v) is 9.14. The summed E-state index contributed by atoms with van der Waals surface area (Å²) < 4.78 is 5.40. The smallest absolute Gasteiger partial charge is 0.259 e. The second kappa shape index (κ2) is 10.3. The van der Waals surface area contributed by atoms with Crippen LogP contribution in [0.3, 0.4) is 0 Å². The van der Waals surface area contributed by atoms with E-state index in [9.17, 15) is 9.59 Å². The number of benzene rings is 1. The molecule has 0 atom stereocenters. The highest BCUT2D eigenvalue weighted by atomic mass is 35.5. The van der Waals surface area contributed by atoms with Gasteiger partial charge in [0.25, 0.3) is 5.91 Å². The Kier molecular flexibility index (Phi) is 7.21. The van der Waals surface area contributed by atoms with Gasteiger partial charge in [0.2, 0.25) is 0 Å². The molecule has 0 aliphatic rings. The Morgan fingerprint density at radius 3 is 2.50 bits per heavy atom. The van der Waals surface area contributed by atoms with Crippen LogP contribution in [0.5, 0.6) is 5.75 Å². The lowest BCUT2D eigenvalue weighted by Crippen LogP contribution is -2.14. The van der Waals surface area contributed by atoms with Crippen LogP contribution < -0.4 is 10.1 Å². The molecule has 1 N–H and O–H groups in total. The third kappa shape index (κ3) is 5.41. The fourth-order valence-electron chi connectivity index (χ4n) is 3.25. The summed E-state index contributed by atoms with van der Waals surface area (Å²) >= 11 is 13.1. The molecule has 1 amide bonds. The van der Waals surface area contributed by atoms with Crippen molar-refractivity contribution in [2.45, 2.75) is 13.3 Å². The number of ether oxygens (including phenoxy) is 1. The molecule has 172 valence electrons. The van der Waals surface area contributed by atoms with E-state index >= 15 is 0 Å². The third-order valence-corrected chi connectivity index (χ3v) is 6.32. The van der Waals surface area contributed by atoms with Gasteiger partial charge in [-0.15, -0.1) is 0 Å². The number of thiazole rings is 1. The standard InChI is InChI=1S/C24H18Cl2N4O3S/c1-13-7-16(17-9-22(26)28-11-20(17)33-2)18(10-27-13)23(32)30-24-29-12-21(34-24)19(31)8-14-3-5-15(25)6-4-14/h3-7,9-12H,8H2,1-2H3,(H,29,30,32). The van der Waals surface area contributed by atoms with Crippen LogP contribution in [0.1, 0.15) is 31.3 Å². The molecule has 0 saturated heterocycles. The Hall–Kier alpha value is -3.33. The van der Waals surface area contributed by atoms with Crippen LogP contribution in [-0.4, -0.2) is 33.8 Å². The molecular weight excluding hydrogens is 495 g/mol. The molecule has 4 rings (SSSR count). The minimum Gasteiger partial charge on any atom is -0.494 e. The zero-order valence-electron chi connectivity index (χ0n) is 18.1. The maximum absolute atomic E-state index is 13.1. The van der Waals surface area contributed by atoms with E-state index in [1.54, 1.807) is 36.4 Å². The number of carbonyl (C=O) groups excluding carboxylic acids is 2. The summed E-state index contributed by atoms with van der Waals surface area (Å²) in [5.41, 5.74) is 3.05. The van der Waals surface area contributed by atoms with Crippen molar-refractivity contribution in [2.75, 3.05) is 12.4 Å². The van der Waals surface area contributed by atoms with Gasteiger partial charge in [-0.05, 0) is 36.8 Å². The van der Waals surface area contributed by atoms with Crippen LogP contribution in [0.2, 0.25) is 10.2 Å². The summed E-state index contributed by atoms with van der Waals surface area (Å²) in [6.45, 7) is 1.82. The maximum atomic E-state index is 13.1. The summed E-state index contributed by atoms with van der Waals surface area (Å²) in [4.78, 5) is 38.7. The highest BCUT2D eigenvalue weighted by Gasteiger charge is 2.20. The van der Waals surface area contributed by atoms with Crippen LogP contribution in [-0.2, 0) is 6.42 Å². The number of aryl methyl sites for hydroxylation is 1. The lowest BCUT2D eigenvalue weighted by Gasteiger charge is -2.13. The molecule has 7 nitrogen and oxygen atoms in total. The third-order valence-electron chi connectivity index (χ3n) is 4.91. The lowest BCUT2D eigenvalue weighted by atomic mass is 10.0. The molecule has 0 bridgehead atoms. The zero-order valence-corrected chi connectivity index (χ0v) is 20.5. The topological polar surface area (TPSA) is 94.1 Å². The van der Waals surface area contributed by atoms with Crippen molar-refractivity contribution >= 4 is 51.4 Å². The normalized spacial score (nSPS) is 10.7. The van der Waals surface area contributed by atoms with E-state index in [-0.39, 0.29) is 17.4 Å². The predicted octanol–water partition coefficient (Wildman–Crippen LogP) is 5.90. The first kappa shape index (κ1) is 23.8. The Balaban J connectivity index is 1.56. The van der Waals surface area contributed by atoms with Crippen molar-refractivity contribution in [1.29, 1.82) is 0 Å². The molecule has 0 aliphatic carbocycles. The second-order valence-electron chi connectivity index (χ2n) is 7.29. The molecule has 3 aromatic heterocycles. The van der Waals surface area contributed by atoms with Crippen molar-refractivity contribution in [3.63, 3.8) is 0 Å². The fraction of sp³-hybridized carbons (Fsp3) is 0.125. The van der Waals surface area contributed by atoms with Gasteiger partial charge in [0.05, 0.1) is 29.9 Å². The molecule has 0 aliphatic heterocycles. The number of ketones is 1. The van der Waals surface area contributed by atoms with Gasteiger partial charge in [-0.2, -0.15) is 0 Å². The number of Topliss-reactive ketones (excluding diaryl/α,β-unsaturated/α-hetero) is 1. The van der Waals surface area contributed by atoms with Gasteiger partial charge in [-0.3, -0.25) is 19.9 Å². The molecule has 3 heterocycles. The van der Waals surface area contributed by atoms with E-state index in [2.05, 4.69) is 20.3 Å². The number of nitrogens with zero attached hydrogens (tertiary/aromatic N) is 3. The number of rotatable bonds is 7. The SMILES string of the molecule is COc1cnc(Cl)cc1-c1cc(C)ncc1C(=O)Nc1ncc(C(=O)Cc2ccc(Cl)cc2)s1. The molecule has 0 radical (unpaired) electrons. The van der Waals surface area contributed by atoms with Gasteiger partial charge in [0.15, 0.2) is 10.9 Å². The minimum absolute atomic E-state index is 0.103. The van der Waals surface area contributed by atoms with Crippen LogP contribution in [0, 0.1) is 6.92 Å². The summed E-state index contributed by atoms with van der Waals surface area (Å²) in [6.07, 6.45) is 4.64. The summed E-state index contributed by atoms with van der Waals surface area (Å²) in [7, 11) is 1.51. The first-order chi connectivity index (χ1) is 16.3. The largest absolute Gasteiger partial charge is 0.494 e. The molecule has 0 saturated carbocycles. The average molecular weight is 513 g/mol. The minimum atomic E-state index is -0.427. The number of carbonyl (C=O) groups is 2. The summed E-state index contributed by atoms with van der Waals surface area (Å²) in [6, 6.07) is 10.5. The van der Waals surface area contributed by atoms with Crippen LogP contribution in [0.4, 0.5) is 5.13 Å². The quantitative estimate of drug-likeness (QED) is 0.244. The van der Waals surface area contributed by atoms with Crippen molar-refractivity contribution in [3.8, 4) is 16.9 Å². The van der Waals surface area contributed by atoms with Gasteiger partial charge in [0, 0.05) is 34.5 Å². The van der Waals surface area contributed by atoms with Crippen LogP contribution >= 0.6 is 34.5 Å². The molecule has 34 heavy (non-hydrogen) atoms. The Morgan fingerprint density at radius 1 is 1.00 bits per heavy atom. The van der Waals surface area contributed by atoms with Gasteiger partial charge in [-0.25, -0.2) is 9.97 Å². The van der Waals surface area contributed by atoms with E-state index in [1.807, 2.05) is 6.92 Å². The number of amides is 1. The van der Waals surface area contributed by atoms with Crippen molar-refractivity contribution in [2.24, 2.45) is 0 Å². The van der Waals surface area contributed by atoms with Gasteiger partial charge in [0.1, 0.15) is 10.9 Å². The van der Waals surface area contributed by atoms with E-state index in [1.165, 1.54) is 25.7 Å². The molecular formula is C24H18Cl2N4O3S. The molecule has 10 heteroatoms. The van der Waals surface area contributed by atoms with E-state index in [0.717, 1.165) is 16.9 Å². The van der Waals surface area contributed by atoms with Gasteiger partial charge < -0.3 is 4.74 Å². The van der Waals surface area contributed by atoms with Crippen LogP contribution in [0.15, 0.2) is 55.0 Å². The van der Waals surface area contributed by atoms with Crippen LogP contribution in [0.25, 0.3) is 11.1 Å². The Morgan fingerprint density at radius 2 is 1.76 bits per heavy atom. The fourth-order valence-corrected chi connectivity index (χ4v) is 4.29. The van der Waals surface area contributed by atoms with E-state index in [0.29, 0.717) is 43.2 Å². The van der Waals surface area contributed by atoms with Gasteiger partial charge in [-0.1, -0.05) is 46.7 Å². The first-order valence-electron chi connectivity index (χ1n) is 10.1. The number of hydrogen-bond donors (Lipinski definition) is 1. The van der Waals surface area contributed by atoms with Crippen molar-refractivity contribution in [1.82, 2.24) is 15.0 Å². The molecule has 0 fully saturated rings. The van der Waals surface area contributed by atoms with E-state index < -0.39 is 5.91 Å². The number of pyridine rings is 2. The van der Waals surface area contributed by atoms with Crippen molar-refractivity contribution in [3.05, 3.63) is 86.9 Å². The summed E-state index contributed by atoms with van der Waals surface area (Å²) in [5, 5.41) is 3.93. The lowest BCUT2D eigenvalue weighted by molar-refractivity contribution is 0.0994. The Labute approximate surface area is 209 Å². The van der Waals surface area contributed by atoms with Crippen molar-refractivity contribution < 1.29 is 14.3 Å². The molecule has 0 unspecified atom stereocenters. The Bertz CT molecular complexity index is 1370. The number of anilines is 1. The maximum Gasteiger partial charge on any atom is 0.259 e. The number of hydrogen-bond acceptors (Lipinski definition) is 7. The summed E-state index contributed by atoms with van der Waals surface area (Å²) in [5.74, 6) is -0.0638. The van der Waals surface area contributed by atoms with E-state index in [4.69, 9.17) is 27.9 Å². The molecule has 1 aromatic carbocycles. The predicted molar refractivity (Wildman–Crippen MR) is 133 cm³/mol. The van der Waals surface area contributed by atoms with Gasteiger partial charge >= 0.3 is 0 Å². The zero-order chi connectivity index (χ0) is 24.2. The highest BCUT2D eigenvalue weighted by Crippen LogP contribution is 2.34. The highest BCUT2D eigenvalue weighted by molar-refractivity contribution is 7.17. The average Bonchev–Trinajstić information content (AvgIpc) is 3.29. The molecule has 4 aromatic rings. The number of aromatic nitrogens is 3. The monoisotopic (exact) mass is 512 g/mol. The number of methoxy groups -OCH3 is 1. The number of halogens is 2. The first-order valence-corrected chi connectivity index (χ1v) is 11.6. The molecule has 0 spiro atoms. The number of nitrogens with one attached hydrogen (secondary N) is 1.